The topological polar surface area (TPSA) is 70.6 Å². The number of hydrogen-bond acceptors (Lipinski definition) is 3. The van der Waals surface area contributed by atoms with Gasteiger partial charge in [-0.15, -0.1) is 0 Å². The first kappa shape index (κ1) is 15.6. The summed E-state index contributed by atoms with van der Waals surface area (Å²) in [7, 11) is 0. The van der Waals surface area contributed by atoms with Crippen LogP contribution in [0.1, 0.15) is 58.3 Å². The number of aliphatic hydroxyl groups excluding tert-OH is 1. The number of urea groups is 1. The van der Waals surface area contributed by atoms with Crippen molar-refractivity contribution in [3.63, 3.8) is 0 Å². The summed E-state index contributed by atoms with van der Waals surface area (Å²) >= 11 is 0. The van der Waals surface area contributed by atoms with Crippen LogP contribution in [0, 0.1) is 0 Å². The molecule has 0 aromatic rings. The Morgan fingerprint density at radius 2 is 1.85 bits per heavy atom. The molecule has 0 heterocycles. The number of carbonyl (C=O) groups excluding carboxylic acids is 1. The molecule has 20 heavy (non-hydrogen) atoms. The number of rotatable bonds is 5. The van der Waals surface area contributed by atoms with Crippen molar-refractivity contribution in [2.45, 2.75) is 82.6 Å². The van der Waals surface area contributed by atoms with E-state index in [-0.39, 0.29) is 30.8 Å². The standard InChI is InChI=1S/C15H28N2O3/c1-11(10-18)16-15(19)17-13-8-4-5-9-14(13)20-12-6-2-3-7-12/h11-14,18H,2-10H2,1H3,(H2,16,17,19)/t11-,13?,14?/m0/s1. The van der Waals surface area contributed by atoms with Crippen LogP contribution >= 0.6 is 0 Å². The molecular formula is C15H28N2O3. The van der Waals surface area contributed by atoms with Gasteiger partial charge in [0.25, 0.3) is 0 Å². The predicted octanol–water partition coefficient (Wildman–Crippen LogP) is 1.94. The minimum atomic E-state index is -0.215. The van der Waals surface area contributed by atoms with Crippen LogP contribution in [0.4, 0.5) is 4.79 Å². The molecule has 2 rings (SSSR count). The first-order valence-electron chi connectivity index (χ1n) is 8.02. The largest absolute Gasteiger partial charge is 0.394 e. The van der Waals surface area contributed by atoms with Gasteiger partial charge in [0.1, 0.15) is 0 Å². The summed E-state index contributed by atoms with van der Waals surface area (Å²) in [6, 6.07) is -0.304. The Labute approximate surface area is 121 Å². The number of hydrogen-bond donors (Lipinski definition) is 3. The second-order valence-electron chi connectivity index (χ2n) is 6.17. The third kappa shape index (κ3) is 4.63. The summed E-state index contributed by atoms with van der Waals surface area (Å²) in [4.78, 5) is 11.9. The third-order valence-corrected chi connectivity index (χ3v) is 4.34. The quantitative estimate of drug-likeness (QED) is 0.722. The molecule has 5 heteroatoms. The summed E-state index contributed by atoms with van der Waals surface area (Å²) in [5.41, 5.74) is 0. The second kappa shape index (κ2) is 7.84. The fraction of sp³-hybridized carbons (Fsp3) is 0.933. The van der Waals surface area contributed by atoms with Gasteiger partial charge in [-0.1, -0.05) is 25.7 Å². The van der Waals surface area contributed by atoms with Gasteiger partial charge in [0.2, 0.25) is 0 Å². The van der Waals surface area contributed by atoms with E-state index in [1.54, 1.807) is 6.92 Å². The van der Waals surface area contributed by atoms with Crippen molar-refractivity contribution in [2.24, 2.45) is 0 Å². The van der Waals surface area contributed by atoms with Crippen LogP contribution in [-0.4, -0.2) is 42.0 Å². The van der Waals surface area contributed by atoms with Gasteiger partial charge in [-0.2, -0.15) is 0 Å². The molecule has 2 fully saturated rings. The van der Waals surface area contributed by atoms with Crippen LogP contribution in [0.25, 0.3) is 0 Å². The normalized spacial score (nSPS) is 29.1. The van der Waals surface area contributed by atoms with Crippen LogP contribution in [-0.2, 0) is 4.74 Å². The lowest BCUT2D eigenvalue weighted by molar-refractivity contribution is -0.0410. The van der Waals surface area contributed by atoms with Crippen LogP contribution in [0.3, 0.4) is 0 Å². The molecule has 0 spiro atoms. The van der Waals surface area contributed by atoms with Crippen LogP contribution in [0.2, 0.25) is 0 Å². The molecule has 0 aliphatic heterocycles. The van der Waals surface area contributed by atoms with E-state index in [2.05, 4.69) is 10.6 Å². The molecule has 2 aliphatic carbocycles. The molecule has 2 aliphatic rings. The number of ether oxygens (including phenoxy) is 1. The van der Waals surface area contributed by atoms with Gasteiger partial charge in [-0.3, -0.25) is 0 Å². The van der Waals surface area contributed by atoms with Crippen molar-refractivity contribution in [2.75, 3.05) is 6.61 Å². The average Bonchev–Trinajstić information content (AvgIpc) is 2.93. The number of carbonyl (C=O) groups is 1. The van der Waals surface area contributed by atoms with Crippen molar-refractivity contribution in [1.29, 1.82) is 0 Å². The van der Waals surface area contributed by atoms with Crippen molar-refractivity contribution in [1.82, 2.24) is 10.6 Å². The molecule has 5 nitrogen and oxygen atoms in total. The average molecular weight is 284 g/mol. The maximum Gasteiger partial charge on any atom is 0.315 e. The van der Waals surface area contributed by atoms with E-state index in [1.807, 2.05) is 0 Å². The fourth-order valence-corrected chi connectivity index (χ4v) is 3.18. The molecule has 0 aromatic heterocycles. The van der Waals surface area contributed by atoms with E-state index in [9.17, 15) is 4.79 Å². The highest BCUT2D eigenvalue weighted by Crippen LogP contribution is 2.28. The van der Waals surface area contributed by atoms with Gasteiger partial charge in [0.05, 0.1) is 30.9 Å². The molecule has 116 valence electrons. The SMILES string of the molecule is C[C@@H](CO)NC(=O)NC1CCCCC1OC1CCCC1. The van der Waals surface area contributed by atoms with Crippen LogP contribution in [0.5, 0.6) is 0 Å². The Balaban J connectivity index is 1.81. The first-order chi connectivity index (χ1) is 9.69. The Kier molecular flexibility index (Phi) is 6.10. The Morgan fingerprint density at radius 3 is 2.55 bits per heavy atom. The smallest absolute Gasteiger partial charge is 0.315 e. The van der Waals surface area contributed by atoms with Crippen molar-refractivity contribution < 1.29 is 14.6 Å². The lowest BCUT2D eigenvalue weighted by Crippen LogP contribution is -2.52. The van der Waals surface area contributed by atoms with Gasteiger partial charge in [0, 0.05) is 0 Å². The summed E-state index contributed by atoms with van der Waals surface area (Å²) in [6.07, 6.45) is 9.76. The van der Waals surface area contributed by atoms with Crippen molar-refractivity contribution in [3.05, 3.63) is 0 Å². The Hall–Kier alpha value is -0.810. The van der Waals surface area contributed by atoms with Crippen molar-refractivity contribution >= 4 is 6.03 Å². The minimum Gasteiger partial charge on any atom is -0.394 e. The predicted molar refractivity (Wildman–Crippen MR) is 77.6 cm³/mol. The maximum atomic E-state index is 11.9. The zero-order valence-corrected chi connectivity index (χ0v) is 12.4. The first-order valence-corrected chi connectivity index (χ1v) is 8.02. The van der Waals surface area contributed by atoms with Crippen LogP contribution < -0.4 is 10.6 Å². The summed E-state index contributed by atoms with van der Waals surface area (Å²) < 4.78 is 6.21. The van der Waals surface area contributed by atoms with E-state index in [0.717, 1.165) is 32.1 Å². The van der Waals surface area contributed by atoms with Gasteiger partial charge in [0.15, 0.2) is 0 Å². The zero-order valence-electron chi connectivity index (χ0n) is 12.4. The molecule has 0 saturated heterocycles. The molecule has 2 saturated carbocycles. The highest BCUT2D eigenvalue weighted by molar-refractivity contribution is 5.74. The van der Waals surface area contributed by atoms with E-state index in [1.165, 1.54) is 19.3 Å². The van der Waals surface area contributed by atoms with Gasteiger partial charge >= 0.3 is 6.03 Å². The number of aliphatic hydroxyl groups is 1. The summed E-state index contributed by atoms with van der Waals surface area (Å²) in [6.45, 7) is 1.74. The Bertz CT molecular complexity index is 305. The van der Waals surface area contributed by atoms with E-state index >= 15 is 0 Å². The van der Waals surface area contributed by atoms with E-state index in [0.29, 0.717) is 6.10 Å². The number of amides is 2. The van der Waals surface area contributed by atoms with E-state index in [4.69, 9.17) is 9.84 Å². The Morgan fingerprint density at radius 1 is 1.20 bits per heavy atom. The minimum absolute atomic E-state index is 0.0416. The molecule has 0 aromatic carbocycles. The van der Waals surface area contributed by atoms with E-state index < -0.39 is 0 Å². The van der Waals surface area contributed by atoms with Crippen LogP contribution in [0.15, 0.2) is 0 Å². The highest BCUT2D eigenvalue weighted by atomic mass is 16.5. The monoisotopic (exact) mass is 284 g/mol. The molecule has 2 amide bonds. The maximum absolute atomic E-state index is 11.9. The highest BCUT2D eigenvalue weighted by Gasteiger charge is 2.30. The van der Waals surface area contributed by atoms with Gasteiger partial charge in [-0.05, 0) is 32.6 Å². The molecule has 0 bridgehead atoms. The molecule has 0 radical (unpaired) electrons. The molecule has 3 N–H and O–H groups in total. The fourth-order valence-electron chi connectivity index (χ4n) is 3.18. The van der Waals surface area contributed by atoms with Crippen molar-refractivity contribution in [3.8, 4) is 0 Å². The second-order valence-corrected chi connectivity index (χ2v) is 6.17. The van der Waals surface area contributed by atoms with Gasteiger partial charge < -0.3 is 20.5 Å². The zero-order chi connectivity index (χ0) is 14.4. The molecule has 3 atom stereocenters. The van der Waals surface area contributed by atoms with Gasteiger partial charge in [-0.25, -0.2) is 4.79 Å². The summed E-state index contributed by atoms with van der Waals surface area (Å²) in [5, 5.41) is 14.7. The summed E-state index contributed by atoms with van der Waals surface area (Å²) in [5.74, 6) is 0. The molecule has 2 unspecified atom stereocenters. The third-order valence-electron chi connectivity index (χ3n) is 4.34. The molecular weight excluding hydrogens is 256 g/mol. The number of nitrogens with one attached hydrogen (secondary N) is 2. The lowest BCUT2D eigenvalue weighted by Gasteiger charge is -2.34. The lowest BCUT2D eigenvalue weighted by atomic mass is 9.92.